The highest BCUT2D eigenvalue weighted by Crippen LogP contribution is 2.36. The Morgan fingerprint density at radius 2 is 0.673 bits per heavy atom. The van der Waals surface area contributed by atoms with Crippen LogP contribution < -0.4 is 20.7 Å². The number of hydrogen-bond acceptors (Lipinski definition) is 2. The van der Waals surface area contributed by atoms with E-state index in [1.165, 1.54) is 44.5 Å². The average molecular weight is 721 g/mol. The topological polar surface area (TPSA) is 25.8 Å². The maximum Gasteiger partial charge on any atom is 0.180 e. The number of fused-ring (bicyclic) bond motifs is 11. The van der Waals surface area contributed by atoms with Crippen molar-refractivity contribution in [3.63, 3.8) is 0 Å². The van der Waals surface area contributed by atoms with Crippen LogP contribution in [-0.2, 0) is 12.8 Å². The monoisotopic (exact) mass is 720 g/mol. The zero-order valence-electron chi connectivity index (χ0n) is 31.1. The van der Waals surface area contributed by atoms with Crippen LogP contribution in [0.3, 0.4) is 0 Å². The zero-order chi connectivity index (χ0) is 36.9. The van der Waals surface area contributed by atoms with Gasteiger partial charge in [0.05, 0.1) is 11.0 Å². The summed E-state index contributed by atoms with van der Waals surface area (Å²) in [5, 5.41) is 8.63. The molecule has 4 heterocycles. The Morgan fingerprint density at radius 1 is 0.364 bits per heavy atom. The Bertz CT molecular complexity index is 2600. The molecular formula is C52H40N2Si. The van der Waals surface area contributed by atoms with Crippen LogP contribution in [0.25, 0.3) is 44.1 Å². The minimum Gasteiger partial charge on any atom is -0.251 e. The van der Waals surface area contributed by atoms with Crippen LogP contribution in [-0.4, -0.2) is 18.0 Å². The summed E-state index contributed by atoms with van der Waals surface area (Å²) in [4.78, 5) is 9.81. The Hall–Kier alpha value is -6.42. The van der Waals surface area contributed by atoms with Crippen molar-refractivity contribution < 1.29 is 0 Å². The molecule has 0 radical (unpaired) electrons. The van der Waals surface area contributed by atoms with E-state index in [4.69, 9.17) is 9.97 Å². The van der Waals surface area contributed by atoms with Crippen molar-refractivity contribution >= 4 is 50.6 Å². The fourth-order valence-corrected chi connectivity index (χ4v) is 15.1. The zero-order valence-corrected chi connectivity index (χ0v) is 32.1. The van der Waals surface area contributed by atoms with Crippen molar-refractivity contribution in [2.45, 2.75) is 26.7 Å². The van der Waals surface area contributed by atoms with Gasteiger partial charge >= 0.3 is 0 Å². The van der Waals surface area contributed by atoms with Crippen molar-refractivity contribution in [2.75, 3.05) is 0 Å². The predicted octanol–water partition coefficient (Wildman–Crippen LogP) is 9.61. The molecule has 0 fully saturated rings. The molecule has 2 nitrogen and oxygen atoms in total. The molecule has 1 spiro atoms. The van der Waals surface area contributed by atoms with Crippen LogP contribution in [0, 0.1) is 13.8 Å². The molecule has 262 valence electrons. The predicted molar refractivity (Wildman–Crippen MR) is 233 cm³/mol. The van der Waals surface area contributed by atoms with E-state index in [2.05, 4.69) is 184 Å². The van der Waals surface area contributed by atoms with Gasteiger partial charge in [0.25, 0.3) is 0 Å². The van der Waals surface area contributed by atoms with Gasteiger partial charge in [0, 0.05) is 22.2 Å². The quantitative estimate of drug-likeness (QED) is 0.131. The standard InChI is InChI=1S/C26H20N2.C26H20Si/c1-17-15-23(19-9-5-3-6-10-19)21-13-14-22-24(20-11-7-4-8-12-20)16-18(2)28-26(22)25(21)27-17;1-5-13-23-19(9-1)17-20-10-2-6-14-24(20)27(23)25-15-7-3-11-21(25)18-22-12-4-8-16-26(22)27/h3-16H,1-2H3;1-16H,17-18H2. The minimum absolute atomic E-state index is 0.970. The van der Waals surface area contributed by atoms with Crippen LogP contribution in [0.2, 0.25) is 0 Å². The number of aromatic nitrogens is 2. The van der Waals surface area contributed by atoms with Gasteiger partial charge < -0.3 is 0 Å². The molecule has 0 amide bonds. The molecule has 2 aromatic heterocycles. The first kappa shape index (κ1) is 33.2. The second-order valence-electron chi connectivity index (χ2n) is 14.9. The Kier molecular flexibility index (Phi) is 8.12. The van der Waals surface area contributed by atoms with E-state index in [-0.39, 0.29) is 0 Å². The maximum atomic E-state index is 4.90. The highest BCUT2D eigenvalue weighted by atomic mass is 28.3. The highest BCUT2D eigenvalue weighted by molar-refractivity contribution is 7.21. The maximum absolute atomic E-state index is 4.90. The van der Waals surface area contributed by atoms with E-state index in [0.717, 1.165) is 46.0 Å². The van der Waals surface area contributed by atoms with Crippen molar-refractivity contribution in [3.8, 4) is 22.3 Å². The van der Waals surface area contributed by atoms with E-state index < -0.39 is 8.07 Å². The molecular weight excluding hydrogens is 681 g/mol. The summed E-state index contributed by atoms with van der Waals surface area (Å²) in [7, 11) is -2.25. The molecule has 2 aliphatic heterocycles. The average Bonchev–Trinajstić information content (AvgIpc) is 3.24. The molecule has 3 heteroatoms. The van der Waals surface area contributed by atoms with Gasteiger partial charge in [-0.3, -0.25) is 9.97 Å². The number of benzene rings is 7. The lowest BCUT2D eigenvalue weighted by Crippen LogP contribution is -2.79. The van der Waals surface area contributed by atoms with Crippen molar-refractivity contribution in [2.24, 2.45) is 0 Å². The van der Waals surface area contributed by atoms with Gasteiger partial charge in [-0.15, -0.1) is 0 Å². The molecule has 0 saturated heterocycles. The fraction of sp³-hybridized carbons (Fsp3) is 0.0769. The molecule has 0 unspecified atom stereocenters. The van der Waals surface area contributed by atoms with E-state index >= 15 is 0 Å². The van der Waals surface area contributed by atoms with Crippen molar-refractivity contribution in [1.82, 2.24) is 9.97 Å². The fourth-order valence-electron chi connectivity index (χ4n) is 9.39. The lowest BCUT2D eigenvalue weighted by molar-refractivity contribution is 1.18. The van der Waals surface area contributed by atoms with Gasteiger partial charge in [-0.05, 0) is 104 Å². The summed E-state index contributed by atoms with van der Waals surface area (Å²) < 4.78 is 0. The van der Waals surface area contributed by atoms with E-state index in [1.54, 1.807) is 20.7 Å². The Morgan fingerprint density at radius 3 is 1.02 bits per heavy atom. The lowest BCUT2D eigenvalue weighted by atomic mass is 9.95. The van der Waals surface area contributed by atoms with Gasteiger partial charge in [-0.25, -0.2) is 0 Å². The molecule has 7 aromatic carbocycles. The molecule has 9 aromatic rings. The van der Waals surface area contributed by atoms with Crippen molar-refractivity contribution in [1.29, 1.82) is 0 Å². The number of rotatable bonds is 2. The summed E-state index contributed by atoms with van der Waals surface area (Å²) in [6.07, 6.45) is 2.09. The number of pyridine rings is 2. The van der Waals surface area contributed by atoms with Gasteiger partial charge in [0.1, 0.15) is 0 Å². The van der Waals surface area contributed by atoms with E-state index in [9.17, 15) is 0 Å². The number of aryl methyl sites for hydroxylation is 2. The van der Waals surface area contributed by atoms with Crippen LogP contribution in [0.5, 0.6) is 0 Å². The molecule has 0 atom stereocenters. The van der Waals surface area contributed by atoms with Crippen LogP contribution >= 0.6 is 0 Å². The molecule has 0 bridgehead atoms. The molecule has 0 aliphatic carbocycles. The Balaban J connectivity index is 0.000000135. The molecule has 2 aliphatic rings. The largest absolute Gasteiger partial charge is 0.251 e. The third-order valence-electron chi connectivity index (χ3n) is 11.6. The third kappa shape index (κ3) is 5.46. The summed E-state index contributed by atoms with van der Waals surface area (Å²) in [5.41, 5.74) is 14.8. The number of nitrogens with zero attached hydrogens (tertiary/aromatic N) is 2. The Labute approximate surface area is 323 Å². The summed E-state index contributed by atoms with van der Waals surface area (Å²) >= 11 is 0. The second kappa shape index (κ2) is 13.5. The van der Waals surface area contributed by atoms with Crippen LogP contribution in [0.15, 0.2) is 182 Å². The highest BCUT2D eigenvalue weighted by Gasteiger charge is 2.49. The molecule has 11 rings (SSSR count). The lowest BCUT2D eigenvalue weighted by Gasteiger charge is -2.44. The first-order valence-electron chi connectivity index (χ1n) is 19.3. The van der Waals surface area contributed by atoms with Crippen LogP contribution in [0.1, 0.15) is 33.6 Å². The third-order valence-corrected chi connectivity index (χ3v) is 16.8. The molecule has 55 heavy (non-hydrogen) atoms. The van der Waals surface area contributed by atoms with Crippen LogP contribution in [0.4, 0.5) is 0 Å². The molecule has 0 saturated carbocycles. The summed E-state index contributed by atoms with van der Waals surface area (Å²) in [6, 6.07) is 66.5. The van der Waals surface area contributed by atoms with Crippen molar-refractivity contribution in [3.05, 3.63) is 216 Å². The van der Waals surface area contributed by atoms with Gasteiger partial charge in [0.2, 0.25) is 0 Å². The SMILES string of the molecule is Cc1cc(-c2ccccc2)c2ccc3c(-c4ccccc4)cc(C)nc3c2n1.c1ccc2c(c1)Cc1ccccc1[Si]21c2ccccc2Cc2ccccc21. The van der Waals surface area contributed by atoms with E-state index in [1.807, 2.05) is 12.1 Å². The van der Waals surface area contributed by atoms with Gasteiger partial charge in [0.15, 0.2) is 8.07 Å². The van der Waals surface area contributed by atoms with Gasteiger partial charge in [-0.1, -0.05) is 170 Å². The normalized spacial score (nSPS) is 13.3. The smallest absolute Gasteiger partial charge is 0.180 e. The molecule has 0 N–H and O–H groups in total. The number of hydrogen-bond donors (Lipinski definition) is 0. The first-order valence-corrected chi connectivity index (χ1v) is 21.3. The summed E-state index contributed by atoms with van der Waals surface area (Å²) in [6.45, 7) is 4.11. The minimum atomic E-state index is -2.25. The second-order valence-corrected chi connectivity index (χ2v) is 18.6. The van der Waals surface area contributed by atoms with Gasteiger partial charge in [-0.2, -0.15) is 0 Å². The summed E-state index contributed by atoms with van der Waals surface area (Å²) in [5.74, 6) is 0. The van der Waals surface area contributed by atoms with E-state index in [0.29, 0.717) is 0 Å². The first-order chi connectivity index (χ1) is 27.1.